The van der Waals surface area contributed by atoms with E-state index in [1.165, 1.54) is 0 Å². The van der Waals surface area contributed by atoms with Gasteiger partial charge in [-0.1, -0.05) is 13.5 Å². The van der Waals surface area contributed by atoms with Gasteiger partial charge in [0, 0.05) is 55.8 Å². The van der Waals surface area contributed by atoms with Gasteiger partial charge in [0.05, 0.1) is 29.9 Å². The van der Waals surface area contributed by atoms with Gasteiger partial charge in [0.25, 0.3) is 0 Å². The second-order valence-electron chi connectivity index (χ2n) is 8.39. The zero-order chi connectivity index (χ0) is 24.7. The number of amides is 2. The van der Waals surface area contributed by atoms with Gasteiger partial charge in [0.1, 0.15) is 6.61 Å². The standard InChI is InChI=1S/C26H29N7O3.CH4/c1-2-27-26(34)32-25-30-22-16-19(15-20(24(22)31-25)21-5-3-4-8-28-21)18-6-7-23(29-17-18)36-14-11-33-9-12-35-13-10-33;/h3-8,15-17H,2,9-14H2,1H3,(H3,27,30,31,32,34);1H4. The van der Waals surface area contributed by atoms with Crippen LogP contribution in [0, 0.1) is 0 Å². The summed E-state index contributed by atoms with van der Waals surface area (Å²) in [5.41, 5.74) is 5.03. The summed E-state index contributed by atoms with van der Waals surface area (Å²) in [4.78, 5) is 31.2. The van der Waals surface area contributed by atoms with E-state index in [9.17, 15) is 4.79 Å². The number of hydrogen-bond acceptors (Lipinski definition) is 7. The summed E-state index contributed by atoms with van der Waals surface area (Å²) in [6.45, 7) is 7.24. The first kappa shape index (κ1) is 26.1. The van der Waals surface area contributed by atoms with Crippen molar-refractivity contribution in [1.82, 2.24) is 30.2 Å². The third-order valence-corrected chi connectivity index (χ3v) is 5.93. The second-order valence-corrected chi connectivity index (χ2v) is 8.39. The minimum Gasteiger partial charge on any atom is -0.476 e. The fraction of sp³-hybridized carbons (Fsp3) is 0.333. The molecule has 0 spiro atoms. The molecule has 3 aromatic heterocycles. The van der Waals surface area contributed by atoms with Crippen LogP contribution in [0.4, 0.5) is 10.7 Å². The molecule has 10 heteroatoms. The molecule has 0 aliphatic carbocycles. The number of rotatable bonds is 8. The summed E-state index contributed by atoms with van der Waals surface area (Å²) in [7, 11) is 0. The Morgan fingerprint density at radius 1 is 1.14 bits per heavy atom. The monoisotopic (exact) mass is 503 g/mol. The highest BCUT2D eigenvalue weighted by molar-refractivity contribution is 5.97. The summed E-state index contributed by atoms with van der Waals surface area (Å²) in [6, 6.07) is 13.3. The fourth-order valence-corrected chi connectivity index (χ4v) is 4.11. The van der Waals surface area contributed by atoms with Crippen LogP contribution in [0.25, 0.3) is 33.4 Å². The lowest BCUT2D eigenvalue weighted by Gasteiger charge is -2.26. The van der Waals surface area contributed by atoms with Gasteiger partial charge in [-0.3, -0.25) is 15.2 Å². The number of carbonyl (C=O) groups excluding carboxylic acids is 1. The van der Waals surface area contributed by atoms with E-state index in [0.717, 1.165) is 66.3 Å². The molecular weight excluding hydrogens is 470 g/mol. The number of nitrogens with one attached hydrogen (secondary N) is 3. The van der Waals surface area contributed by atoms with Gasteiger partial charge < -0.3 is 19.8 Å². The van der Waals surface area contributed by atoms with Crippen molar-refractivity contribution in [2.45, 2.75) is 14.4 Å². The molecule has 1 aliphatic rings. The molecule has 2 amide bonds. The molecule has 4 aromatic rings. The van der Waals surface area contributed by atoms with Crippen LogP contribution in [0.1, 0.15) is 14.4 Å². The maximum Gasteiger partial charge on any atom is 0.321 e. The Kier molecular flexibility index (Phi) is 8.65. The number of morpholine rings is 1. The van der Waals surface area contributed by atoms with E-state index in [0.29, 0.717) is 25.0 Å². The van der Waals surface area contributed by atoms with E-state index >= 15 is 0 Å². The number of carbonyl (C=O) groups is 1. The summed E-state index contributed by atoms with van der Waals surface area (Å²) < 4.78 is 11.2. The maximum atomic E-state index is 12.0. The molecule has 10 nitrogen and oxygen atoms in total. The van der Waals surface area contributed by atoms with Crippen molar-refractivity contribution in [2.75, 3.05) is 51.3 Å². The Labute approximate surface area is 216 Å². The number of nitrogens with zero attached hydrogens (tertiary/aromatic N) is 4. The third-order valence-electron chi connectivity index (χ3n) is 5.93. The lowest BCUT2D eigenvalue weighted by Crippen LogP contribution is -2.38. The number of hydrogen-bond donors (Lipinski definition) is 3. The Hall–Kier alpha value is -4.02. The number of anilines is 1. The normalized spacial score (nSPS) is 13.6. The van der Waals surface area contributed by atoms with Crippen molar-refractivity contribution in [3.63, 3.8) is 0 Å². The molecule has 1 aromatic carbocycles. The topological polar surface area (TPSA) is 117 Å². The van der Waals surface area contributed by atoms with Gasteiger partial charge in [0.2, 0.25) is 11.8 Å². The molecule has 0 saturated carbocycles. The zero-order valence-corrected chi connectivity index (χ0v) is 20.2. The Bertz CT molecular complexity index is 1300. The third kappa shape index (κ3) is 6.41. The van der Waals surface area contributed by atoms with Crippen LogP contribution in [-0.2, 0) is 4.74 Å². The molecule has 0 atom stereocenters. The molecule has 5 rings (SSSR count). The van der Waals surface area contributed by atoms with Gasteiger partial charge in [-0.15, -0.1) is 0 Å². The SMILES string of the molecule is C.CCNC(=O)Nc1nc2c(-c3ccccn3)cc(-c3ccc(OCCN4CCOCC4)nc3)cc2[nH]1. The summed E-state index contributed by atoms with van der Waals surface area (Å²) >= 11 is 0. The van der Waals surface area contributed by atoms with Gasteiger partial charge >= 0.3 is 6.03 Å². The number of imidazole rings is 1. The average Bonchev–Trinajstić information content (AvgIpc) is 3.32. The van der Waals surface area contributed by atoms with Crippen molar-refractivity contribution in [3.8, 4) is 28.3 Å². The van der Waals surface area contributed by atoms with E-state index in [1.807, 2.05) is 49.4 Å². The largest absolute Gasteiger partial charge is 0.476 e. The van der Waals surface area contributed by atoms with Crippen molar-refractivity contribution in [2.24, 2.45) is 0 Å². The van der Waals surface area contributed by atoms with Crippen molar-refractivity contribution >= 4 is 23.0 Å². The van der Waals surface area contributed by atoms with E-state index in [4.69, 9.17) is 9.47 Å². The number of aromatic amines is 1. The number of fused-ring (bicyclic) bond motifs is 1. The number of benzene rings is 1. The van der Waals surface area contributed by atoms with Gasteiger partial charge in [-0.25, -0.2) is 14.8 Å². The fourth-order valence-electron chi connectivity index (χ4n) is 4.11. The van der Waals surface area contributed by atoms with E-state index in [-0.39, 0.29) is 13.5 Å². The lowest BCUT2D eigenvalue weighted by atomic mass is 10.0. The molecule has 194 valence electrons. The second kappa shape index (κ2) is 12.3. The van der Waals surface area contributed by atoms with Gasteiger partial charge in [-0.05, 0) is 42.8 Å². The number of H-pyrrole nitrogens is 1. The molecular formula is C27H33N7O3. The quantitative estimate of drug-likeness (QED) is 0.330. The summed E-state index contributed by atoms with van der Waals surface area (Å²) in [5.74, 6) is 0.959. The molecule has 0 radical (unpaired) electrons. The molecule has 3 N–H and O–H groups in total. The summed E-state index contributed by atoms with van der Waals surface area (Å²) in [5, 5.41) is 5.45. The van der Waals surface area contributed by atoms with Crippen LogP contribution in [0.15, 0.2) is 54.9 Å². The molecule has 1 saturated heterocycles. The predicted molar refractivity (Wildman–Crippen MR) is 145 cm³/mol. The van der Waals surface area contributed by atoms with E-state index in [1.54, 1.807) is 12.4 Å². The minimum atomic E-state index is -0.315. The van der Waals surface area contributed by atoms with Crippen LogP contribution in [0.2, 0.25) is 0 Å². The highest BCUT2D eigenvalue weighted by Crippen LogP contribution is 2.33. The molecule has 1 fully saturated rings. The Morgan fingerprint density at radius 3 is 2.73 bits per heavy atom. The molecule has 1 aliphatic heterocycles. The Balaban J connectivity index is 0.00000320. The van der Waals surface area contributed by atoms with Crippen LogP contribution in [0.5, 0.6) is 5.88 Å². The number of ether oxygens (including phenoxy) is 2. The molecule has 4 heterocycles. The molecule has 0 bridgehead atoms. The smallest absolute Gasteiger partial charge is 0.321 e. The maximum absolute atomic E-state index is 12.0. The first-order valence-corrected chi connectivity index (χ1v) is 12.1. The molecule has 0 unspecified atom stereocenters. The Morgan fingerprint density at radius 2 is 2.00 bits per heavy atom. The van der Waals surface area contributed by atoms with E-state index < -0.39 is 0 Å². The predicted octanol–water partition coefficient (Wildman–Crippen LogP) is 4.18. The first-order chi connectivity index (χ1) is 17.7. The van der Waals surface area contributed by atoms with Crippen LogP contribution < -0.4 is 15.4 Å². The van der Waals surface area contributed by atoms with Crippen LogP contribution >= 0.6 is 0 Å². The summed E-state index contributed by atoms with van der Waals surface area (Å²) in [6.07, 6.45) is 3.55. The van der Waals surface area contributed by atoms with Crippen LogP contribution in [0.3, 0.4) is 0 Å². The average molecular weight is 504 g/mol. The minimum absolute atomic E-state index is 0. The number of aromatic nitrogens is 4. The number of urea groups is 1. The van der Waals surface area contributed by atoms with Gasteiger partial charge in [-0.2, -0.15) is 0 Å². The zero-order valence-electron chi connectivity index (χ0n) is 20.2. The highest BCUT2D eigenvalue weighted by atomic mass is 16.5. The van der Waals surface area contributed by atoms with Gasteiger partial charge in [0.15, 0.2) is 0 Å². The van der Waals surface area contributed by atoms with Crippen molar-refractivity contribution in [1.29, 1.82) is 0 Å². The van der Waals surface area contributed by atoms with E-state index in [2.05, 4.69) is 35.5 Å². The molecule has 37 heavy (non-hydrogen) atoms. The van der Waals surface area contributed by atoms with Crippen LogP contribution in [-0.4, -0.2) is 76.9 Å². The van der Waals surface area contributed by atoms with Crippen molar-refractivity contribution < 1.29 is 14.3 Å². The van der Waals surface area contributed by atoms with Crippen molar-refractivity contribution in [3.05, 3.63) is 54.9 Å². The first-order valence-electron chi connectivity index (χ1n) is 12.1. The highest BCUT2D eigenvalue weighted by Gasteiger charge is 2.15. The number of pyridine rings is 2. The lowest BCUT2D eigenvalue weighted by molar-refractivity contribution is 0.0320.